The number of nitrogens with one attached hydrogen (secondary N) is 1. The van der Waals surface area contributed by atoms with Gasteiger partial charge in [0.2, 0.25) is 0 Å². The third kappa shape index (κ3) is 3.94. The van der Waals surface area contributed by atoms with Gasteiger partial charge >= 0.3 is 0 Å². The molecule has 152 valence electrons. The van der Waals surface area contributed by atoms with Crippen molar-refractivity contribution in [2.24, 2.45) is 0 Å². The SMILES string of the molecule is O=c1[nH]c(CN(CC(O)c2ccccc2)C2CC2)nc2scc(-c3ccccc3)c12. The highest BCUT2D eigenvalue weighted by Gasteiger charge is 2.31. The van der Waals surface area contributed by atoms with Gasteiger partial charge in [0.05, 0.1) is 18.0 Å². The molecule has 0 saturated heterocycles. The number of aromatic amines is 1. The van der Waals surface area contributed by atoms with Crippen LogP contribution >= 0.6 is 11.3 Å². The van der Waals surface area contributed by atoms with Crippen LogP contribution in [0.5, 0.6) is 0 Å². The minimum absolute atomic E-state index is 0.102. The third-order valence-corrected chi connectivity index (χ3v) is 6.46. The van der Waals surface area contributed by atoms with E-state index in [1.807, 2.05) is 66.0 Å². The van der Waals surface area contributed by atoms with Gasteiger partial charge in [-0.2, -0.15) is 0 Å². The Kier molecular flexibility index (Phi) is 5.21. The van der Waals surface area contributed by atoms with Gasteiger partial charge < -0.3 is 10.1 Å². The Morgan fingerprint density at radius 2 is 1.80 bits per heavy atom. The Balaban J connectivity index is 1.41. The first-order chi connectivity index (χ1) is 14.7. The van der Waals surface area contributed by atoms with Gasteiger partial charge in [0.1, 0.15) is 10.7 Å². The van der Waals surface area contributed by atoms with E-state index in [0.29, 0.717) is 30.3 Å². The van der Waals surface area contributed by atoms with E-state index in [-0.39, 0.29) is 5.56 Å². The minimum Gasteiger partial charge on any atom is -0.387 e. The molecule has 1 atom stereocenters. The number of fused-ring (bicyclic) bond motifs is 1. The van der Waals surface area contributed by atoms with E-state index >= 15 is 0 Å². The summed E-state index contributed by atoms with van der Waals surface area (Å²) in [5.74, 6) is 0.654. The monoisotopic (exact) mass is 417 g/mol. The molecule has 5 nitrogen and oxygen atoms in total. The molecule has 0 aliphatic heterocycles. The molecule has 2 heterocycles. The van der Waals surface area contributed by atoms with Crippen molar-refractivity contribution in [1.29, 1.82) is 0 Å². The molecule has 30 heavy (non-hydrogen) atoms. The summed E-state index contributed by atoms with van der Waals surface area (Å²) >= 11 is 1.50. The highest BCUT2D eigenvalue weighted by molar-refractivity contribution is 7.17. The highest BCUT2D eigenvalue weighted by atomic mass is 32.1. The van der Waals surface area contributed by atoms with Crippen LogP contribution in [-0.4, -0.2) is 32.6 Å². The average molecular weight is 418 g/mol. The van der Waals surface area contributed by atoms with Crippen LogP contribution in [0.4, 0.5) is 0 Å². The summed E-state index contributed by atoms with van der Waals surface area (Å²) in [5, 5.41) is 13.3. The summed E-state index contributed by atoms with van der Waals surface area (Å²) in [6.07, 6.45) is 1.67. The average Bonchev–Trinajstić information content (AvgIpc) is 3.53. The summed E-state index contributed by atoms with van der Waals surface area (Å²) in [6, 6.07) is 20.1. The van der Waals surface area contributed by atoms with Crippen LogP contribution in [0.2, 0.25) is 0 Å². The van der Waals surface area contributed by atoms with Crippen molar-refractivity contribution < 1.29 is 5.11 Å². The van der Waals surface area contributed by atoms with Crippen molar-refractivity contribution >= 4 is 21.6 Å². The molecule has 0 amide bonds. The normalized spacial score (nSPS) is 15.0. The molecule has 5 rings (SSSR count). The fourth-order valence-electron chi connectivity index (χ4n) is 3.88. The second-order valence-electron chi connectivity index (χ2n) is 7.80. The number of hydrogen-bond donors (Lipinski definition) is 2. The number of aliphatic hydroxyl groups is 1. The molecule has 6 heteroatoms. The number of benzene rings is 2. The van der Waals surface area contributed by atoms with Gasteiger partial charge in [-0.1, -0.05) is 60.7 Å². The van der Waals surface area contributed by atoms with Crippen molar-refractivity contribution in [1.82, 2.24) is 14.9 Å². The Morgan fingerprint density at radius 1 is 1.10 bits per heavy atom. The second kappa shape index (κ2) is 8.14. The van der Waals surface area contributed by atoms with Crippen molar-refractivity contribution in [3.63, 3.8) is 0 Å². The van der Waals surface area contributed by atoms with Crippen molar-refractivity contribution in [2.45, 2.75) is 31.5 Å². The van der Waals surface area contributed by atoms with E-state index in [4.69, 9.17) is 4.98 Å². The summed E-state index contributed by atoms with van der Waals surface area (Å²) in [6.45, 7) is 1.05. The van der Waals surface area contributed by atoms with E-state index in [1.54, 1.807) is 0 Å². The quantitative estimate of drug-likeness (QED) is 0.469. The van der Waals surface area contributed by atoms with Crippen LogP contribution in [0.25, 0.3) is 21.3 Å². The van der Waals surface area contributed by atoms with Crippen LogP contribution in [0.1, 0.15) is 30.3 Å². The van der Waals surface area contributed by atoms with Gasteiger partial charge in [-0.15, -0.1) is 11.3 Å². The zero-order valence-electron chi connectivity index (χ0n) is 16.5. The van der Waals surface area contributed by atoms with Crippen molar-refractivity contribution in [3.8, 4) is 11.1 Å². The Hall–Kier alpha value is -2.80. The molecule has 0 radical (unpaired) electrons. The van der Waals surface area contributed by atoms with Gasteiger partial charge in [-0.3, -0.25) is 9.69 Å². The van der Waals surface area contributed by atoms with Crippen LogP contribution < -0.4 is 5.56 Å². The smallest absolute Gasteiger partial charge is 0.260 e. The van der Waals surface area contributed by atoms with Gasteiger partial charge in [0, 0.05) is 23.5 Å². The van der Waals surface area contributed by atoms with E-state index in [9.17, 15) is 9.90 Å². The molecule has 1 unspecified atom stereocenters. The molecule has 1 saturated carbocycles. The fraction of sp³-hybridized carbons (Fsp3) is 0.250. The van der Waals surface area contributed by atoms with Gasteiger partial charge in [0.15, 0.2) is 0 Å². The maximum atomic E-state index is 12.9. The lowest BCUT2D eigenvalue weighted by molar-refractivity contribution is 0.103. The minimum atomic E-state index is -0.561. The molecule has 1 aliphatic carbocycles. The van der Waals surface area contributed by atoms with Crippen LogP contribution in [-0.2, 0) is 6.54 Å². The molecule has 4 aromatic rings. The zero-order chi connectivity index (χ0) is 20.5. The maximum absolute atomic E-state index is 12.9. The zero-order valence-corrected chi connectivity index (χ0v) is 17.3. The first kappa shape index (κ1) is 19.2. The fourth-order valence-corrected chi connectivity index (χ4v) is 4.84. The molecular formula is C24H23N3O2S. The maximum Gasteiger partial charge on any atom is 0.260 e. The number of aliphatic hydroxyl groups excluding tert-OH is 1. The second-order valence-corrected chi connectivity index (χ2v) is 8.65. The van der Waals surface area contributed by atoms with Crippen LogP contribution in [0.15, 0.2) is 70.8 Å². The first-order valence-electron chi connectivity index (χ1n) is 10.2. The molecule has 2 aromatic heterocycles. The largest absolute Gasteiger partial charge is 0.387 e. The number of nitrogens with zero attached hydrogens (tertiary/aromatic N) is 2. The summed E-state index contributed by atoms with van der Waals surface area (Å²) in [7, 11) is 0. The molecule has 0 bridgehead atoms. The predicted octanol–water partition coefficient (Wildman–Crippen LogP) is 4.35. The Bertz CT molecular complexity index is 1200. The van der Waals surface area contributed by atoms with Crippen LogP contribution in [0.3, 0.4) is 0 Å². The van der Waals surface area contributed by atoms with Crippen molar-refractivity contribution in [2.75, 3.05) is 6.54 Å². The summed E-state index contributed by atoms with van der Waals surface area (Å²) in [4.78, 5) is 23.6. The Morgan fingerprint density at radius 3 is 2.50 bits per heavy atom. The summed E-state index contributed by atoms with van der Waals surface area (Å²) < 4.78 is 0. The van der Waals surface area contributed by atoms with Crippen LogP contribution in [0, 0.1) is 0 Å². The summed E-state index contributed by atoms with van der Waals surface area (Å²) in [5.41, 5.74) is 2.75. The van der Waals surface area contributed by atoms with E-state index < -0.39 is 6.10 Å². The van der Waals surface area contributed by atoms with E-state index in [0.717, 1.165) is 34.4 Å². The molecular weight excluding hydrogens is 394 g/mol. The topological polar surface area (TPSA) is 69.2 Å². The van der Waals surface area contributed by atoms with E-state index in [2.05, 4.69) is 9.88 Å². The lowest BCUT2D eigenvalue weighted by Crippen LogP contribution is -2.32. The molecule has 1 fully saturated rings. The third-order valence-electron chi connectivity index (χ3n) is 5.59. The molecule has 2 N–H and O–H groups in total. The van der Waals surface area contributed by atoms with Gasteiger partial charge in [-0.25, -0.2) is 4.98 Å². The standard InChI is InChI=1S/C24H23N3O2S/c28-20(17-9-5-2-6-10-17)13-27(18-11-12-18)14-21-25-23(29)22-19(15-30-24(22)26-21)16-7-3-1-4-8-16/h1-10,15,18,20,28H,11-14H2,(H,25,26,29). The number of H-pyrrole nitrogens is 1. The van der Waals surface area contributed by atoms with E-state index in [1.165, 1.54) is 11.3 Å². The predicted molar refractivity (Wildman–Crippen MR) is 121 cm³/mol. The van der Waals surface area contributed by atoms with Gasteiger partial charge in [0.25, 0.3) is 5.56 Å². The molecule has 2 aromatic carbocycles. The highest BCUT2D eigenvalue weighted by Crippen LogP contribution is 2.32. The Labute approximate surface area is 178 Å². The number of hydrogen-bond acceptors (Lipinski definition) is 5. The van der Waals surface area contributed by atoms with Gasteiger partial charge in [-0.05, 0) is 24.0 Å². The first-order valence-corrected chi connectivity index (χ1v) is 11.1. The molecule has 1 aliphatic rings. The lowest BCUT2D eigenvalue weighted by atomic mass is 10.1. The molecule has 0 spiro atoms. The lowest BCUT2D eigenvalue weighted by Gasteiger charge is -2.24. The van der Waals surface area contributed by atoms with Crippen molar-refractivity contribution in [3.05, 3.63) is 87.8 Å². The number of rotatable bonds is 7. The number of thiophene rings is 1. The number of aromatic nitrogens is 2.